The normalized spacial score (nSPS) is 20.7. The number of hydrogen-bond donors (Lipinski definition) is 2. The standard InChI is InChI=1S/C22H24FN5O4/c1-13(29)25-10-22(2)11-31-20(32-12-22)19-27-17(14-4-6-15(23)7-5-14)18(28-19)16-8-9-24-21(26-16)30-3/h4-9,20H,10-12H2,1-3H3,(H,25,29)(H,27,28). The van der Waals surface area contributed by atoms with E-state index in [2.05, 4.69) is 25.3 Å². The van der Waals surface area contributed by atoms with Crippen LogP contribution in [0.5, 0.6) is 6.01 Å². The molecule has 1 aliphatic heterocycles. The molecule has 3 aromatic rings. The first-order valence-electron chi connectivity index (χ1n) is 10.1. The molecule has 1 fully saturated rings. The highest BCUT2D eigenvalue weighted by Crippen LogP contribution is 2.35. The molecule has 0 unspecified atom stereocenters. The lowest BCUT2D eigenvalue weighted by atomic mass is 9.92. The summed E-state index contributed by atoms with van der Waals surface area (Å²) >= 11 is 0. The van der Waals surface area contributed by atoms with Gasteiger partial charge >= 0.3 is 6.01 Å². The van der Waals surface area contributed by atoms with Crippen LogP contribution in [0.3, 0.4) is 0 Å². The molecule has 0 atom stereocenters. The first-order valence-corrected chi connectivity index (χ1v) is 10.1. The molecule has 0 bridgehead atoms. The van der Waals surface area contributed by atoms with E-state index in [0.717, 1.165) is 0 Å². The van der Waals surface area contributed by atoms with Crippen LogP contribution in [0.1, 0.15) is 26.0 Å². The molecule has 1 aliphatic rings. The maximum atomic E-state index is 13.5. The molecule has 0 aliphatic carbocycles. The number of carbonyl (C=O) groups excluding carboxylic acids is 1. The van der Waals surface area contributed by atoms with Gasteiger partial charge in [0.05, 0.1) is 37.4 Å². The highest BCUT2D eigenvalue weighted by Gasteiger charge is 2.35. The smallest absolute Gasteiger partial charge is 0.316 e. The molecular weight excluding hydrogens is 417 g/mol. The van der Waals surface area contributed by atoms with Gasteiger partial charge in [0, 0.05) is 30.6 Å². The molecule has 0 saturated carbocycles. The summed E-state index contributed by atoms with van der Waals surface area (Å²) in [6, 6.07) is 7.96. The summed E-state index contributed by atoms with van der Waals surface area (Å²) in [5, 5.41) is 2.80. The van der Waals surface area contributed by atoms with E-state index in [-0.39, 0.29) is 23.1 Å². The van der Waals surface area contributed by atoms with E-state index in [9.17, 15) is 9.18 Å². The van der Waals surface area contributed by atoms with E-state index in [4.69, 9.17) is 14.2 Å². The number of nitrogens with zero attached hydrogens (tertiary/aromatic N) is 3. The van der Waals surface area contributed by atoms with Gasteiger partial charge in [-0.1, -0.05) is 6.92 Å². The molecule has 168 valence electrons. The van der Waals surface area contributed by atoms with Crippen molar-refractivity contribution in [1.29, 1.82) is 0 Å². The number of aromatic nitrogens is 4. The Morgan fingerprint density at radius 1 is 1.25 bits per heavy atom. The fourth-order valence-electron chi connectivity index (χ4n) is 3.32. The number of amides is 1. The molecule has 1 amide bonds. The number of rotatable bonds is 6. The Morgan fingerprint density at radius 2 is 1.97 bits per heavy atom. The quantitative estimate of drug-likeness (QED) is 0.605. The average molecular weight is 441 g/mol. The van der Waals surface area contributed by atoms with Crippen LogP contribution in [0.2, 0.25) is 0 Å². The van der Waals surface area contributed by atoms with Gasteiger partial charge in [-0.25, -0.2) is 14.4 Å². The molecule has 1 aromatic carbocycles. The summed E-state index contributed by atoms with van der Waals surface area (Å²) in [5.74, 6) is 0.0129. The van der Waals surface area contributed by atoms with Crippen molar-refractivity contribution in [1.82, 2.24) is 25.3 Å². The Bertz CT molecular complexity index is 1090. The number of methoxy groups -OCH3 is 1. The van der Waals surface area contributed by atoms with E-state index < -0.39 is 6.29 Å². The van der Waals surface area contributed by atoms with E-state index in [1.54, 1.807) is 24.4 Å². The van der Waals surface area contributed by atoms with Crippen LogP contribution in [0, 0.1) is 11.2 Å². The SMILES string of the molecule is COc1nccc(-c2[nH]c(C3OCC(C)(CNC(C)=O)CO3)nc2-c2ccc(F)cc2)n1. The minimum Gasteiger partial charge on any atom is -0.467 e. The predicted octanol–water partition coefficient (Wildman–Crippen LogP) is 2.87. The maximum absolute atomic E-state index is 13.5. The summed E-state index contributed by atoms with van der Waals surface area (Å²) in [4.78, 5) is 27.6. The van der Waals surface area contributed by atoms with Crippen LogP contribution in [0.4, 0.5) is 4.39 Å². The third-order valence-electron chi connectivity index (χ3n) is 5.07. The summed E-state index contributed by atoms with van der Waals surface area (Å²) < 4.78 is 30.5. The van der Waals surface area contributed by atoms with Crippen LogP contribution in [0.15, 0.2) is 36.5 Å². The lowest BCUT2D eigenvalue weighted by molar-refractivity contribution is -0.232. The van der Waals surface area contributed by atoms with Crippen molar-refractivity contribution in [3.63, 3.8) is 0 Å². The first kappa shape index (κ1) is 21.8. The zero-order valence-corrected chi connectivity index (χ0v) is 18.0. The number of aromatic amines is 1. The minimum absolute atomic E-state index is 0.103. The number of carbonyl (C=O) groups is 1. The van der Waals surface area contributed by atoms with Crippen LogP contribution in [-0.4, -0.2) is 52.7 Å². The van der Waals surface area contributed by atoms with Crippen molar-refractivity contribution in [2.45, 2.75) is 20.1 Å². The highest BCUT2D eigenvalue weighted by molar-refractivity contribution is 5.76. The maximum Gasteiger partial charge on any atom is 0.316 e. The van der Waals surface area contributed by atoms with E-state index in [1.807, 2.05) is 6.92 Å². The molecule has 2 N–H and O–H groups in total. The molecule has 0 radical (unpaired) electrons. The van der Waals surface area contributed by atoms with Gasteiger partial charge in [-0.15, -0.1) is 0 Å². The third kappa shape index (κ3) is 4.76. The second-order valence-electron chi connectivity index (χ2n) is 7.96. The summed E-state index contributed by atoms with van der Waals surface area (Å²) in [5.41, 5.74) is 2.08. The molecule has 1 saturated heterocycles. The third-order valence-corrected chi connectivity index (χ3v) is 5.07. The number of benzene rings is 1. The van der Waals surface area contributed by atoms with Gasteiger partial charge in [-0.3, -0.25) is 4.79 Å². The number of ether oxygens (including phenoxy) is 3. The zero-order valence-electron chi connectivity index (χ0n) is 18.0. The van der Waals surface area contributed by atoms with Gasteiger partial charge in [0.15, 0.2) is 5.82 Å². The first-order chi connectivity index (χ1) is 15.4. The zero-order chi connectivity index (χ0) is 22.7. The molecule has 3 heterocycles. The van der Waals surface area contributed by atoms with Gasteiger partial charge in [0.2, 0.25) is 12.2 Å². The summed E-state index contributed by atoms with van der Waals surface area (Å²) in [6.45, 7) is 4.65. The molecule has 32 heavy (non-hydrogen) atoms. The second kappa shape index (κ2) is 9.01. The van der Waals surface area contributed by atoms with Crippen molar-refractivity contribution in [3.8, 4) is 28.7 Å². The van der Waals surface area contributed by atoms with E-state index in [1.165, 1.54) is 26.2 Å². The van der Waals surface area contributed by atoms with Gasteiger partial charge in [0.1, 0.15) is 5.82 Å². The van der Waals surface area contributed by atoms with Gasteiger partial charge in [0.25, 0.3) is 0 Å². The molecular formula is C22H24FN5O4. The number of halogens is 1. The fraction of sp³-hybridized carbons (Fsp3) is 0.364. The van der Waals surface area contributed by atoms with Crippen molar-refractivity contribution in [2.75, 3.05) is 26.9 Å². The summed E-state index contributed by atoms with van der Waals surface area (Å²) in [7, 11) is 1.49. The van der Waals surface area contributed by atoms with Crippen molar-refractivity contribution in [3.05, 3.63) is 48.2 Å². The monoisotopic (exact) mass is 441 g/mol. The number of imidazole rings is 1. The average Bonchev–Trinajstić information content (AvgIpc) is 3.24. The van der Waals surface area contributed by atoms with Gasteiger partial charge in [-0.2, -0.15) is 4.98 Å². The van der Waals surface area contributed by atoms with Gasteiger partial charge < -0.3 is 24.5 Å². The fourth-order valence-corrected chi connectivity index (χ4v) is 3.32. The highest BCUT2D eigenvalue weighted by atomic mass is 19.1. The Balaban J connectivity index is 1.64. The van der Waals surface area contributed by atoms with Crippen molar-refractivity contribution >= 4 is 5.91 Å². The van der Waals surface area contributed by atoms with E-state index in [0.29, 0.717) is 48.2 Å². The van der Waals surface area contributed by atoms with Gasteiger partial charge in [-0.05, 0) is 30.3 Å². The van der Waals surface area contributed by atoms with E-state index >= 15 is 0 Å². The second-order valence-corrected chi connectivity index (χ2v) is 7.96. The Morgan fingerprint density at radius 3 is 2.62 bits per heavy atom. The number of hydrogen-bond acceptors (Lipinski definition) is 7. The lowest BCUT2D eigenvalue weighted by Gasteiger charge is -2.36. The van der Waals surface area contributed by atoms with Crippen LogP contribution in [0.25, 0.3) is 22.6 Å². The summed E-state index contributed by atoms with van der Waals surface area (Å²) in [6.07, 6.45) is 0.856. The largest absolute Gasteiger partial charge is 0.467 e. The van der Waals surface area contributed by atoms with Crippen LogP contribution >= 0.6 is 0 Å². The van der Waals surface area contributed by atoms with Crippen molar-refractivity contribution < 1.29 is 23.4 Å². The molecule has 2 aromatic heterocycles. The van der Waals surface area contributed by atoms with Crippen LogP contribution < -0.4 is 10.1 Å². The van der Waals surface area contributed by atoms with Crippen molar-refractivity contribution in [2.24, 2.45) is 5.41 Å². The topological polar surface area (TPSA) is 111 Å². The Kier molecular flexibility index (Phi) is 6.15. The van der Waals surface area contributed by atoms with Crippen LogP contribution in [-0.2, 0) is 14.3 Å². The molecule has 4 rings (SSSR count). The molecule has 9 nitrogen and oxygen atoms in total. The minimum atomic E-state index is -0.725. The lowest BCUT2D eigenvalue weighted by Crippen LogP contribution is -2.45. The molecule has 10 heteroatoms. The number of H-pyrrole nitrogens is 1. The predicted molar refractivity (Wildman–Crippen MR) is 113 cm³/mol. The molecule has 0 spiro atoms. The Labute approximate surface area is 184 Å². The Hall–Kier alpha value is -3.37. The number of nitrogens with one attached hydrogen (secondary N) is 2.